The Balaban J connectivity index is 2.18. The maximum absolute atomic E-state index is 7.76. The number of hydrogen-bond donors (Lipinski definition) is 2. The van der Waals surface area contributed by atoms with E-state index in [0.29, 0.717) is 11.2 Å². The molecule has 1 unspecified atom stereocenters. The Hall–Kier alpha value is -0.900. The fourth-order valence-electron chi connectivity index (χ4n) is 1.88. The van der Waals surface area contributed by atoms with Gasteiger partial charge in [-0.05, 0) is 6.92 Å². The van der Waals surface area contributed by atoms with Crippen LogP contribution in [0.2, 0.25) is 0 Å². The molecule has 1 heterocycles. The van der Waals surface area contributed by atoms with Crippen LogP contribution in [0.3, 0.4) is 0 Å². The molecule has 0 aliphatic carbocycles. The van der Waals surface area contributed by atoms with Gasteiger partial charge in [-0.3, -0.25) is 0 Å². The summed E-state index contributed by atoms with van der Waals surface area (Å²) < 4.78 is 0. The van der Waals surface area contributed by atoms with Crippen LogP contribution in [0.4, 0.5) is 0 Å². The van der Waals surface area contributed by atoms with Gasteiger partial charge in [0.15, 0.2) is 0 Å². The van der Waals surface area contributed by atoms with Crippen molar-refractivity contribution in [3.8, 4) is 0 Å². The van der Waals surface area contributed by atoms with Gasteiger partial charge in [-0.15, -0.1) is 0 Å². The van der Waals surface area contributed by atoms with E-state index >= 15 is 0 Å². The van der Waals surface area contributed by atoms with Gasteiger partial charge in [0.1, 0.15) is 6.04 Å². The van der Waals surface area contributed by atoms with Gasteiger partial charge in [0, 0.05) is 12.0 Å². The Labute approximate surface area is 78.5 Å². The summed E-state index contributed by atoms with van der Waals surface area (Å²) >= 11 is 0. The molecular formula is C10H15N3. The summed E-state index contributed by atoms with van der Waals surface area (Å²) in [5.41, 5.74) is 4.40. The number of rotatable bonds is 1. The predicted octanol–water partition coefficient (Wildman–Crippen LogP) is 0.877. The minimum absolute atomic E-state index is 0.288. The molecule has 1 aromatic rings. The summed E-state index contributed by atoms with van der Waals surface area (Å²) in [7, 11) is 0. The van der Waals surface area contributed by atoms with E-state index in [1.54, 1.807) is 0 Å². The van der Waals surface area contributed by atoms with Crippen LogP contribution < -0.4 is 10.5 Å². The summed E-state index contributed by atoms with van der Waals surface area (Å²) in [4.78, 5) is 0. The van der Waals surface area contributed by atoms with Crippen LogP contribution in [-0.2, 0) is 0 Å². The van der Waals surface area contributed by atoms with E-state index in [-0.39, 0.29) is 6.04 Å². The van der Waals surface area contributed by atoms with Gasteiger partial charge in [0.05, 0.1) is 6.04 Å². The quantitative estimate of drug-likeness (QED) is 0.656. The molecule has 3 nitrogen and oxygen atoms in total. The van der Waals surface area contributed by atoms with Crippen LogP contribution in [0.1, 0.15) is 24.9 Å². The third kappa shape index (κ3) is 1.72. The summed E-state index contributed by atoms with van der Waals surface area (Å²) in [6.45, 7) is 2.12. The Bertz CT molecular complexity index is 273. The molecular weight excluding hydrogens is 162 g/mol. The summed E-state index contributed by atoms with van der Waals surface area (Å²) in [6.07, 6.45) is 1.04. The van der Waals surface area contributed by atoms with Crippen LogP contribution >= 0.6 is 0 Å². The molecule has 0 amide bonds. The number of nitrogens with one attached hydrogen (secondary N) is 3. The average molecular weight is 177 g/mol. The van der Waals surface area contributed by atoms with Gasteiger partial charge < -0.3 is 11.0 Å². The number of benzene rings is 1. The van der Waals surface area contributed by atoms with Crippen molar-refractivity contribution in [2.24, 2.45) is 0 Å². The molecule has 0 radical (unpaired) electrons. The second-order valence-corrected chi connectivity index (χ2v) is 3.66. The Morgan fingerprint density at radius 2 is 2.08 bits per heavy atom. The van der Waals surface area contributed by atoms with Crippen molar-refractivity contribution in [1.82, 2.24) is 5.43 Å². The van der Waals surface area contributed by atoms with Crippen LogP contribution in [0.15, 0.2) is 30.3 Å². The first kappa shape index (κ1) is 8.69. The SMILES string of the molecule is C[C@H]1C[C@H](c2ccccc2)[NH+]([NH-])N1. The fraction of sp³-hybridized carbons (Fsp3) is 0.400. The van der Waals surface area contributed by atoms with Crippen LogP contribution in [0.5, 0.6) is 0 Å². The van der Waals surface area contributed by atoms with Gasteiger partial charge >= 0.3 is 0 Å². The van der Waals surface area contributed by atoms with Gasteiger partial charge in [-0.25, -0.2) is 0 Å². The minimum Gasteiger partial charge on any atom is -0.448 e. The third-order valence-electron chi connectivity index (χ3n) is 2.54. The molecule has 1 aromatic carbocycles. The zero-order valence-electron chi connectivity index (χ0n) is 7.75. The standard InChI is InChI=1S/C10H15N3/c1-8-7-10(13(11)12-8)9-5-3-2-4-6-9/h2-6,8,10-13H,7H2,1H3/t8-,10+/m0/s1. The molecule has 3 atom stereocenters. The molecule has 0 bridgehead atoms. The molecule has 1 aliphatic heterocycles. The third-order valence-corrected chi connectivity index (χ3v) is 2.54. The molecule has 13 heavy (non-hydrogen) atoms. The maximum atomic E-state index is 7.76. The first-order valence-electron chi connectivity index (χ1n) is 4.67. The zero-order valence-corrected chi connectivity index (χ0v) is 7.75. The zero-order chi connectivity index (χ0) is 9.26. The minimum atomic E-state index is 0.288. The Morgan fingerprint density at radius 3 is 2.62 bits per heavy atom. The fourth-order valence-corrected chi connectivity index (χ4v) is 1.88. The summed E-state index contributed by atoms with van der Waals surface area (Å²) in [6, 6.07) is 11.0. The van der Waals surface area contributed by atoms with Crippen LogP contribution in [0.25, 0.3) is 5.84 Å². The van der Waals surface area contributed by atoms with Crippen molar-refractivity contribution in [1.29, 1.82) is 0 Å². The van der Waals surface area contributed by atoms with Crippen LogP contribution in [-0.4, -0.2) is 6.04 Å². The molecule has 1 fully saturated rings. The highest BCUT2D eigenvalue weighted by Crippen LogP contribution is 2.17. The second kappa shape index (κ2) is 3.46. The van der Waals surface area contributed by atoms with Gasteiger partial charge in [-0.1, -0.05) is 30.3 Å². The highest BCUT2D eigenvalue weighted by Gasteiger charge is 2.28. The molecule has 70 valence electrons. The van der Waals surface area contributed by atoms with Crippen molar-refractivity contribution in [2.45, 2.75) is 25.4 Å². The molecule has 0 aromatic heterocycles. The molecule has 3 heteroatoms. The molecule has 0 spiro atoms. The Kier molecular flexibility index (Phi) is 2.31. The largest absolute Gasteiger partial charge is 0.448 e. The summed E-state index contributed by atoms with van der Waals surface area (Å²) in [5, 5.41) is 0.665. The number of quaternary nitrogens is 1. The average Bonchev–Trinajstić information content (AvgIpc) is 2.47. The van der Waals surface area contributed by atoms with Gasteiger partial charge in [0.25, 0.3) is 0 Å². The normalized spacial score (nSPS) is 33.5. The molecule has 0 saturated carbocycles. The summed E-state index contributed by atoms with van der Waals surface area (Å²) in [5.74, 6) is 7.76. The van der Waals surface area contributed by atoms with Crippen molar-refractivity contribution in [2.75, 3.05) is 0 Å². The molecule has 1 saturated heterocycles. The van der Waals surface area contributed by atoms with E-state index in [2.05, 4.69) is 24.5 Å². The highest BCUT2D eigenvalue weighted by molar-refractivity contribution is 5.17. The second-order valence-electron chi connectivity index (χ2n) is 3.66. The van der Waals surface area contributed by atoms with E-state index in [9.17, 15) is 0 Å². The van der Waals surface area contributed by atoms with Crippen molar-refractivity contribution in [3.05, 3.63) is 41.7 Å². The first-order valence-corrected chi connectivity index (χ1v) is 4.67. The smallest absolute Gasteiger partial charge is 0.123 e. The Morgan fingerprint density at radius 1 is 1.38 bits per heavy atom. The first-order chi connectivity index (χ1) is 6.27. The van der Waals surface area contributed by atoms with Crippen molar-refractivity contribution < 1.29 is 5.12 Å². The maximum Gasteiger partial charge on any atom is 0.123 e. The van der Waals surface area contributed by atoms with Gasteiger partial charge in [-0.2, -0.15) is 5.43 Å². The lowest BCUT2D eigenvalue weighted by molar-refractivity contribution is -0.914. The highest BCUT2D eigenvalue weighted by atomic mass is 15.7. The lowest BCUT2D eigenvalue weighted by Gasteiger charge is -2.22. The van der Waals surface area contributed by atoms with Crippen molar-refractivity contribution >= 4 is 0 Å². The number of hydrogen-bond acceptors (Lipinski definition) is 1. The molecule has 3 N–H and O–H groups in total. The molecule has 1 aliphatic rings. The molecule has 2 rings (SSSR count). The van der Waals surface area contributed by atoms with Gasteiger partial charge in [0.2, 0.25) is 0 Å². The van der Waals surface area contributed by atoms with E-state index in [1.165, 1.54) is 5.56 Å². The van der Waals surface area contributed by atoms with E-state index in [1.807, 2.05) is 18.2 Å². The predicted molar refractivity (Wildman–Crippen MR) is 51.7 cm³/mol. The van der Waals surface area contributed by atoms with E-state index in [0.717, 1.165) is 6.42 Å². The monoisotopic (exact) mass is 177 g/mol. The van der Waals surface area contributed by atoms with Crippen LogP contribution in [0, 0.1) is 0 Å². The lowest BCUT2D eigenvalue weighted by atomic mass is 10.0. The lowest BCUT2D eigenvalue weighted by Crippen LogP contribution is -3.10. The topological polar surface area (TPSA) is 40.3 Å². The van der Waals surface area contributed by atoms with E-state index in [4.69, 9.17) is 5.84 Å². The van der Waals surface area contributed by atoms with E-state index < -0.39 is 0 Å². The van der Waals surface area contributed by atoms with Crippen molar-refractivity contribution in [3.63, 3.8) is 0 Å².